The molecule has 1 saturated carbocycles. The summed E-state index contributed by atoms with van der Waals surface area (Å²) in [5, 5.41) is 0. The highest BCUT2D eigenvalue weighted by atomic mass is 32.2. The van der Waals surface area contributed by atoms with Gasteiger partial charge in [-0.25, -0.2) is 18.2 Å². The minimum atomic E-state index is -3.65. The molecule has 1 aromatic heterocycles. The highest BCUT2D eigenvalue weighted by Gasteiger charge is 2.46. The van der Waals surface area contributed by atoms with Crippen molar-refractivity contribution in [2.45, 2.75) is 102 Å². The Bertz CT molecular complexity index is 1230. The van der Waals surface area contributed by atoms with Crippen LogP contribution in [0.3, 0.4) is 0 Å². The van der Waals surface area contributed by atoms with Crippen LogP contribution in [0.15, 0.2) is 33.6 Å². The van der Waals surface area contributed by atoms with E-state index >= 15 is 0 Å². The van der Waals surface area contributed by atoms with E-state index in [0.717, 1.165) is 37.7 Å². The van der Waals surface area contributed by atoms with Crippen LogP contribution in [0.25, 0.3) is 0 Å². The fourth-order valence-corrected chi connectivity index (χ4v) is 6.94. The van der Waals surface area contributed by atoms with Gasteiger partial charge in [-0.1, -0.05) is 44.2 Å². The second-order valence-electron chi connectivity index (χ2n) is 11.8. The van der Waals surface area contributed by atoms with E-state index in [1.807, 2.05) is 20.8 Å². The number of benzene rings is 1. The highest BCUT2D eigenvalue weighted by Crippen LogP contribution is 2.40. The third kappa shape index (κ3) is 6.65. The lowest BCUT2D eigenvalue weighted by Gasteiger charge is -2.34. The van der Waals surface area contributed by atoms with Gasteiger partial charge in [0.2, 0.25) is 5.89 Å². The van der Waals surface area contributed by atoms with Crippen LogP contribution in [0.1, 0.15) is 82.2 Å². The van der Waals surface area contributed by atoms with Gasteiger partial charge in [0.15, 0.2) is 15.6 Å². The maximum Gasteiger partial charge on any atom is 0.410 e. The number of rotatable bonds is 7. The van der Waals surface area contributed by atoms with Crippen molar-refractivity contribution >= 4 is 21.7 Å². The van der Waals surface area contributed by atoms with Crippen molar-refractivity contribution in [3.63, 3.8) is 0 Å². The molecule has 1 amide bonds. The van der Waals surface area contributed by atoms with E-state index in [1.54, 1.807) is 30.9 Å². The summed E-state index contributed by atoms with van der Waals surface area (Å²) in [6, 6.07) is 5.89. The molecule has 4 rings (SSSR count). The van der Waals surface area contributed by atoms with E-state index in [0.29, 0.717) is 23.9 Å². The average Bonchev–Trinajstić information content (AvgIpc) is 3.42. The quantitative estimate of drug-likeness (QED) is 0.448. The van der Waals surface area contributed by atoms with E-state index in [1.165, 1.54) is 18.6 Å². The van der Waals surface area contributed by atoms with Crippen LogP contribution in [-0.4, -0.2) is 48.4 Å². The van der Waals surface area contributed by atoms with Crippen molar-refractivity contribution in [2.75, 3.05) is 6.54 Å². The number of sulfone groups is 1. The molecule has 0 N–H and O–H groups in total. The lowest BCUT2D eigenvalue weighted by molar-refractivity contribution is -0.124. The van der Waals surface area contributed by atoms with Crippen LogP contribution in [0.2, 0.25) is 0 Å². The van der Waals surface area contributed by atoms with E-state index in [4.69, 9.17) is 9.15 Å². The summed E-state index contributed by atoms with van der Waals surface area (Å²) in [5.74, 6) is 0.975. The molecular weight excluding hydrogens is 504 g/mol. The first kappa shape index (κ1) is 28.3. The molecule has 38 heavy (non-hydrogen) atoms. The summed E-state index contributed by atoms with van der Waals surface area (Å²) in [6.07, 6.45) is 6.23. The fourth-order valence-electron chi connectivity index (χ4n) is 5.78. The van der Waals surface area contributed by atoms with Crippen molar-refractivity contribution in [2.24, 2.45) is 11.8 Å². The molecule has 8 nitrogen and oxygen atoms in total. The third-order valence-corrected chi connectivity index (χ3v) is 9.32. The van der Waals surface area contributed by atoms with Crippen LogP contribution >= 0.6 is 0 Å². The zero-order valence-electron chi connectivity index (χ0n) is 23.2. The Hall–Kier alpha value is -2.68. The Balaban J connectivity index is 1.50. The molecule has 2 aliphatic rings. The number of hydrogen-bond donors (Lipinski definition) is 0. The lowest BCUT2D eigenvalue weighted by Crippen LogP contribution is -2.47. The second kappa shape index (κ2) is 11.2. The smallest absolute Gasteiger partial charge is 0.410 e. The van der Waals surface area contributed by atoms with Gasteiger partial charge in [0.05, 0.1) is 16.6 Å². The standard InChI is InChI=1S/C29H40N2O6S/c1-19-20(2)36-26(30-19)18-38(34,35)23-13-11-21(12-14-23)17-25(32)27-24(22-9-7-6-8-10-22)15-16-31(27)28(33)37-29(3,4)5/h11-14,22,24,27H,6-10,15-18H2,1-5H3/t24-,27-/m0/s1. The van der Waals surface area contributed by atoms with E-state index in [-0.39, 0.29) is 34.7 Å². The van der Waals surface area contributed by atoms with E-state index in [9.17, 15) is 18.0 Å². The van der Waals surface area contributed by atoms with Crippen LogP contribution in [0, 0.1) is 25.7 Å². The zero-order chi connectivity index (χ0) is 27.7. The molecular formula is C29H40N2O6S. The Kier molecular flexibility index (Phi) is 8.35. The summed E-state index contributed by atoms with van der Waals surface area (Å²) in [7, 11) is -3.65. The minimum absolute atomic E-state index is 0.0229. The van der Waals surface area contributed by atoms with Gasteiger partial charge in [0.25, 0.3) is 0 Å². The minimum Gasteiger partial charge on any atom is -0.445 e. The highest BCUT2D eigenvalue weighted by molar-refractivity contribution is 7.90. The Morgan fingerprint density at radius 3 is 2.29 bits per heavy atom. The number of ether oxygens (including phenoxy) is 1. The number of carbonyl (C=O) groups is 2. The molecule has 208 valence electrons. The molecule has 2 heterocycles. The van der Waals surface area contributed by atoms with Crippen molar-refractivity contribution in [3.8, 4) is 0 Å². The van der Waals surface area contributed by atoms with Crippen molar-refractivity contribution < 1.29 is 27.2 Å². The number of aryl methyl sites for hydroxylation is 2. The van der Waals surface area contributed by atoms with Crippen molar-refractivity contribution in [1.82, 2.24) is 9.88 Å². The fraction of sp³-hybridized carbons (Fsp3) is 0.621. The van der Waals surface area contributed by atoms with Gasteiger partial charge in [0, 0.05) is 13.0 Å². The average molecular weight is 545 g/mol. The number of aromatic nitrogens is 1. The molecule has 2 fully saturated rings. The predicted molar refractivity (Wildman–Crippen MR) is 143 cm³/mol. The molecule has 0 radical (unpaired) electrons. The van der Waals surface area contributed by atoms with Crippen LogP contribution in [0.5, 0.6) is 0 Å². The number of amides is 1. The summed E-state index contributed by atoms with van der Waals surface area (Å²) < 4.78 is 36.9. The zero-order valence-corrected chi connectivity index (χ0v) is 24.0. The summed E-state index contributed by atoms with van der Waals surface area (Å²) >= 11 is 0. The maximum atomic E-state index is 13.7. The molecule has 9 heteroatoms. The number of hydrogen-bond acceptors (Lipinski definition) is 7. The summed E-state index contributed by atoms with van der Waals surface area (Å²) in [6.45, 7) is 9.53. The van der Waals surface area contributed by atoms with Crippen molar-refractivity contribution in [1.29, 1.82) is 0 Å². The van der Waals surface area contributed by atoms with Crippen LogP contribution in [0.4, 0.5) is 4.79 Å². The first-order valence-electron chi connectivity index (χ1n) is 13.6. The third-order valence-electron chi connectivity index (χ3n) is 7.71. The van der Waals surface area contributed by atoms with Crippen LogP contribution < -0.4 is 0 Å². The molecule has 2 atom stereocenters. The summed E-state index contributed by atoms with van der Waals surface area (Å²) in [5.41, 5.74) is 0.746. The topological polar surface area (TPSA) is 107 Å². The molecule has 1 saturated heterocycles. The Morgan fingerprint density at radius 1 is 1.05 bits per heavy atom. The monoisotopic (exact) mass is 544 g/mol. The number of Topliss-reactive ketones (excluding diaryl/α,β-unsaturated/α-hetero) is 1. The Labute approximate surface area is 226 Å². The van der Waals surface area contributed by atoms with Gasteiger partial charge in [0.1, 0.15) is 17.1 Å². The molecule has 0 bridgehead atoms. The van der Waals surface area contributed by atoms with Crippen molar-refractivity contribution in [3.05, 3.63) is 47.2 Å². The second-order valence-corrected chi connectivity index (χ2v) is 13.8. The number of ketones is 1. The Morgan fingerprint density at radius 2 is 1.71 bits per heavy atom. The first-order chi connectivity index (χ1) is 17.8. The summed E-state index contributed by atoms with van der Waals surface area (Å²) in [4.78, 5) is 32.7. The van der Waals surface area contributed by atoms with Gasteiger partial charge in [-0.2, -0.15) is 0 Å². The number of nitrogens with zero attached hydrogens (tertiary/aromatic N) is 2. The molecule has 1 aliphatic carbocycles. The first-order valence-corrected chi connectivity index (χ1v) is 15.3. The normalized spacial score (nSPS) is 21.0. The lowest BCUT2D eigenvalue weighted by atomic mass is 9.75. The predicted octanol–water partition coefficient (Wildman–Crippen LogP) is 5.58. The molecule has 2 aromatic rings. The molecule has 0 unspecified atom stereocenters. The number of likely N-dealkylation sites (tertiary alicyclic amines) is 1. The SMILES string of the molecule is Cc1nc(CS(=O)(=O)c2ccc(CC(=O)[C@@H]3[C@H](C4CCCCC4)CCN3C(=O)OC(C)(C)C)cc2)oc1C. The van der Waals surface area contributed by atoms with E-state index in [2.05, 4.69) is 4.98 Å². The number of carbonyl (C=O) groups excluding carboxylic acids is 2. The van der Waals surface area contributed by atoms with Gasteiger partial charge in [-0.05, 0) is 70.6 Å². The van der Waals surface area contributed by atoms with Crippen LogP contribution in [-0.2, 0) is 31.5 Å². The van der Waals surface area contributed by atoms with Gasteiger partial charge in [-0.15, -0.1) is 0 Å². The molecule has 1 aliphatic heterocycles. The molecule has 1 aromatic carbocycles. The van der Waals surface area contributed by atoms with Gasteiger partial charge in [-0.3, -0.25) is 9.69 Å². The van der Waals surface area contributed by atoms with Gasteiger partial charge < -0.3 is 9.15 Å². The van der Waals surface area contributed by atoms with Gasteiger partial charge >= 0.3 is 6.09 Å². The maximum absolute atomic E-state index is 13.7. The largest absolute Gasteiger partial charge is 0.445 e. The van der Waals surface area contributed by atoms with E-state index < -0.39 is 27.6 Å². The molecule has 0 spiro atoms. The number of oxazole rings is 1.